The Morgan fingerprint density at radius 3 is 3.00 bits per heavy atom. The Morgan fingerprint density at radius 2 is 2.25 bits per heavy atom. The van der Waals surface area contributed by atoms with Gasteiger partial charge in [-0.3, -0.25) is 0 Å². The summed E-state index contributed by atoms with van der Waals surface area (Å²) in [6, 6.07) is 8.77. The number of nitrogens with two attached hydrogens (primary N) is 1. The Kier molecular flexibility index (Phi) is 4.03. The summed E-state index contributed by atoms with van der Waals surface area (Å²) in [7, 11) is 0. The second-order valence-electron chi connectivity index (χ2n) is 5.39. The number of hydrogen-bond acceptors (Lipinski definition) is 4. The Balaban J connectivity index is 1.73. The first-order valence-electron chi connectivity index (χ1n) is 7.22. The molecule has 3 rings (SSSR count). The van der Waals surface area contributed by atoms with Crippen LogP contribution in [0.5, 0.6) is 0 Å². The molecule has 2 aromatic rings. The van der Waals surface area contributed by atoms with Gasteiger partial charge in [-0.2, -0.15) is 0 Å². The van der Waals surface area contributed by atoms with Gasteiger partial charge in [0.25, 0.3) is 0 Å². The molecule has 0 aliphatic carbocycles. The zero-order valence-corrected chi connectivity index (χ0v) is 12.7. The molecule has 0 radical (unpaired) electrons. The highest BCUT2D eigenvalue weighted by Crippen LogP contribution is 2.37. The Labute approximate surface area is 124 Å². The molecule has 2 heterocycles. The molecule has 1 aromatic heterocycles. The normalized spacial score (nSPS) is 17.5. The molecule has 0 saturated heterocycles. The second kappa shape index (κ2) is 5.94. The van der Waals surface area contributed by atoms with E-state index >= 15 is 0 Å². The minimum absolute atomic E-state index is 0.596. The van der Waals surface area contributed by atoms with Gasteiger partial charge in [0.15, 0.2) is 0 Å². The maximum atomic E-state index is 5.76. The molecule has 106 valence electrons. The number of benzene rings is 1. The first-order chi connectivity index (χ1) is 9.79. The van der Waals surface area contributed by atoms with E-state index in [9.17, 15) is 0 Å². The molecule has 1 atom stereocenters. The first-order valence-corrected chi connectivity index (χ1v) is 8.10. The van der Waals surface area contributed by atoms with Crippen molar-refractivity contribution in [3.05, 3.63) is 45.9 Å². The van der Waals surface area contributed by atoms with Gasteiger partial charge in [-0.05, 0) is 31.5 Å². The monoisotopic (exact) mass is 287 g/mol. The van der Waals surface area contributed by atoms with Crippen molar-refractivity contribution in [1.29, 1.82) is 0 Å². The quantitative estimate of drug-likeness (QED) is 0.919. The molecular formula is C16H21N3S. The lowest BCUT2D eigenvalue weighted by Gasteiger charge is -2.19. The molecule has 4 heteroatoms. The van der Waals surface area contributed by atoms with E-state index in [1.165, 1.54) is 21.8 Å². The summed E-state index contributed by atoms with van der Waals surface area (Å²) < 4.78 is 0. The number of hydrogen-bond donors (Lipinski definition) is 1. The lowest BCUT2D eigenvalue weighted by molar-refractivity contribution is 0.644. The highest BCUT2D eigenvalue weighted by atomic mass is 32.1. The minimum atomic E-state index is 0.596. The molecule has 2 N–H and O–H groups in total. The van der Waals surface area contributed by atoms with Gasteiger partial charge in [0.2, 0.25) is 0 Å². The third-order valence-corrected chi connectivity index (χ3v) is 5.12. The Bertz CT molecular complexity index is 579. The number of para-hydroxylation sites is 1. The average Bonchev–Trinajstić information content (AvgIpc) is 3.02. The molecule has 0 spiro atoms. The van der Waals surface area contributed by atoms with Gasteiger partial charge in [-0.25, -0.2) is 4.98 Å². The number of nitrogens with zero attached hydrogens (tertiary/aromatic N) is 2. The van der Waals surface area contributed by atoms with Crippen molar-refractivity contribution in [2.75, 3.05) is 24.5 Å². The van der Waals surface area contributed by atoms with Crippen molar-refractivity contribution in [3.63, 3.8) is 0 Å². The minimum Gasteiger partial charge on any atom is -0.370 e. The highest BCUT2D eigenvalue weighted by Gasteiger charge is 2.27. The molecule has 0 fully saturated rings. The van der Waals surface area contributed by atoms with E-state index in [-0.39, 0.29) is 0 Å². The Hall–Kier alpha value is -1.39. The van der Waals surface area contributed by atoms with E-state index in [0.29, 0.717) is 5.92 Å². The Morgan fingerprint density at radius 1 is 1.40 bits per heavy atom. The maximum absolute atomic E-state index is 5.76. The number of thiazole rings is 1. The van der Waals surface area contributed by atoms with Crippen molar-refractivity contribution >= 4 is 17.0 Å². The van der Waals surface area contributed by atoms with Crippen LogP contribution < -0.4 is 10.6 Å². The number of aromatic nitrogens is 1. The van der Waals surface area contributed by atoms with Crippen LogP contribution in [0.15, 0.2) is 29.8 Å². The van der Waals surface area contributed by atoms with Gasteiger partial charge in [-0.15, -0.1) is 11.3 Å². The zero-order valence-electron chi connectivity index (χ0n) is 11.9. The molecule has 1 aromatic carbocycles. The van der Waals surface area contributed by atoms with Gasteiger partial charge < -0.3 is 10.6 Å². The smallest absolute Gasteiger partial charge is 0.0797 e. The van der Waals surface area contributed by atoms with Crippen LogP contribution in [0.2, 0.25) is 0 Å². The fraction of sp³-hybridized carbons (Fsp3) is 0.438. The van der Waals surface area contributed by atoms with E-state index in [2.05, 4.69) is 41.1 Å². The molecule has 0 bridgehead atoms. The van der Waals surface area contributed by atoms with E-state index < -0.39 is 0 Å². The summed E-state index contributed by atoms with van der Waals surface area (Å²) in [5.41, 5.74) is 11.8. The van der Waals surface area contributed by atoms with Crippen LogP contribution in [0.4, 0.5) is 5.69 Å². The van der Waals surface area contributed by atoms with E-state index in [4.69, 9.17) is 5.73 Å². The summed E-state index contributed by atoms with van der Waals surface area (Å²) in [4.78, 5) is 8.25. The van der Waals surface area contributed by atoms with Gasteiger partial charge in [0.05, 0.1) is 11.2 Å². The lowest BCUT2D eigenvalue weighted by Crippen LogP contribution is -2.25. The third kappa shape index (κ3) is 2.58. The largest absolute Gasteiger partial charge is 0.370 e. The molecular weight excluding hydrogens is 266 g/mol. The average molecular weight is 287 g/mol. The van der Waals surface area contributed by atoms with Gasteiger partial charge in [0, 0.05) is 36.0 Å². The van der Waals surface area contributed by atoms with E-state index in [1.807, 2.05) is 5.51 Å². The molecule has 20 heavy (non-hydrogen) atoms. The number of fused-ring (bicyclic) bond motifs is 1. The fourth-order valence-corrected chi connectivity index (χ4v) is 3.82. The maximum Gasteiger partial charge on any atom is 0.0797 e. The molecule has 1 unspecified atom stereocenters. The standard InChI is InChI=1S/C16H21N3S/c1-12-16(20-11-18-12)7-9-19-10-13(6-8-17)14-4-2-3-5-15(14)19/h2-5,11,13H,6-10,17H2,1H3. The van der Waals surface area contributed by atoms with Crippen LogP contribution >= 0.6 is 11.3 Å². The van der Waals surface area contributed by atoms with Gasteiger partial charge in [-0.1, -0.05) is 18.2 Å². The molecule has 0 amide bonds. The van der Waals surface area contributed by atoms with Crippen LogP contribution in [0.25, 0.3) is 0 Å². The van der Waals surface area contributed by atoms with Gasteiger partial charge >= 0.3 is 0 Å². The van der Waals surface area contributed by atoms with Crippen molar-refractivity contribution in [2.45, 2.75) is 25.7 Å². The fourth-order valence-electron chi connectivity index (χ4n) is 3.05. The predicted molar refractivity (Wildman–Crippen MR) is 85.6 cm³/mol. The van der Waals surface area contributed by atoms with Crippen LogP contribution in [0.1, 0.15) is 28.5 Å². The lowest BCUT2D eigenvalue weighted by atomic mass is 9.98. The second-order valence-corrected chi connectivity index (χ2v) is 6.33. The van der Waals surface area contributed by atoms with Gasteiger partial charge in [0.1, 0.15) is 0 Å². The summed E-state index contributed by atoms with van der Waals surface area (Å²) >= 11 is 1.77. The van der Waals surface area contributed by atoms with Crippen molar-refractivity contribution in [2.24, 2.45) is 5.73 Å². The number of rotatable bonds is 5. The summed E-state index contributed by atoms with van der Waals surface area (Å²) in [6.07, 6.45) is 2.16. The number of anilines is 1. The van der Waals surface area contributed by atoms with Crippen LogP contribution in [0, 0.1) is 6.92 Å². The summed E-state index contributed by atoms with van der Waals surface area (Å²) in [5, 5.41) is 0. The molecule has 3 nitrogen and oxygen atoms in total. The van der Waals surface area contributed by atoms with Crippen LogP contribution in [-0.4, -0.2) is 24.6 Å². The molecule has 1 aliphatic heterocycles. The molecule has 0 saturated carbocycles. The zero-order chi connectivity index (χ0) is 13.9. The number of aryl methyl sites for hydroxylation is 1. The van der Waals surface area contributed by atoms with Crippen LogP contribution in [0.3, 0.4) is 0 Å². The summed E-state index contributed by atoms with van der Waals surface area (Å²) in [5.74, 6) is 0.596. The predicted octanol–water partition coefficient (Wildman–Crippen LogP) is 2.95. The summed E-state index contributed by atoms with van der Waals surface area (Å²) in [6.45, 7) is 5.04. The topological polar surface area (TPSA) is 42.2 Å². The van der Waals surface area contributed by atoms with Crippen LogP contribution in [-0.2, 0) is 6.42 Å². The SMILES string of the molecule is Cc1ncsc1CCN1CC(CCN)c2ccccc21. The van der Waals surface area contributed by atoms with Crippen molar-refractivity contribution in [1.82, 2.24) is 4.98 Å². The molecule has 1 aliphatic rings. The van der Waals surface area contributed by atoms with E-state index in [1.54, 1.807) is 11.3 Å². The van der Waals surface area contributed by atoms with Crippen molar-refractivity contribution < 1.29 is 0 Å². The first kappa shape index (κ1) is 13.6. The van der Waals surface area contributed by atoms with E-state index in [0.717, 1.165) is 32.5 Å². The highest BCUT2D eigenvalue weighted by molar-refractivity contribution is 7.09. The van der Waals surface area contributed by atoms with Crippen molar-refractivity contribution in [3.8, 4) is 0 Å². The third-order valence-electron chi connectivity index (χ3n) is 4.13.